The molecule has 0 saturated carbocycles. The molecule has 1 unspecified atom stereocenters. The number of hydrogen-bond acceptors (Lipinski definition) is 2. The van der Waals surface area contributed by atoms with Gasteiger partial charge in [-0.2, -0.15) is 0 Å². The van der Waals surface area contributed by atoms with Crippen molar-refractivity contribution in [3.8, 4) is 0 Å². The summed E-state index contributed by atoms with van der Waals surface area (Å²) < 4.78 is 5.45. The Morgan fingerprint density at radius 2 is 1.45 bits per heavy atom. The smallest absolute Gasteiger partial charge is 0.306 e. The highest BCUT2D eigenvalue weighted by Gasteiger charge is 2.09. The number of rotatable bonds is 13. The van der Waals surface area contributed by atoms with E-state index in [1.807, 2.05) is 6.92 Å². The highest BCUT2D eigenvalue weighted by molar-refractivity contribution is 5.69. The molecule has 0 rings (SSSR count). The second-order valence-electron chi connectivity index (χ2n) is 6.50. The Hall–Kier alpha value is -0.530. The fourth-order valence-electron chi connectivity index (χ4n) is 2.38. The zero-order chi connectivity index (χ0) is 15.2. The molecular formula is C18H36O2. The summed E-state index contributed by atoms with van der Waals surface area (Å²) in [5.41, 5.74) is 0. The Kier molecular flexibility index (Phi) is 13.1. The molecule has 0 aliphatic rings. The second-order valence-corrected chi connectivity index (χ2v) is 6.50. The summed E-state index contributed by atoms with van der Waals surface area (Å²) in [6.07, 6.45) is 12.7. The lowest BCUT2D eigenvalue weighted by atomic mass is 10.0. The molecule has 0 aliphatic heterocycles. The molecule has 0 fully saturated rings. The summed E-state index contributed by atoms with van der Waals surface area (Å²) in [5.74, 6) is 0.769. The van der Waals surface area contributed by atoms with E-state index in [9.17, 15) is 4.79 Å². The minimum atomic E-state index is -0.00407. The van der Waals surface area contributed by atoms with E-state index >= 15 is 0 Å². The fourth-order valence-corrected chi connectivity index (χ4v) is 2.38. The maximum absolute atomic E-state index is 11.7. The average Bonchev–Trinajstić information content (AvgIpc) is 2.37. The van der Waals surface area contributed by atoms with Crippen molar-refractivity contribution in [3.05, 3.63) is 0 Å². The lowest BCUT2D eigenvalue weighted by Crippen LogP contribution is -2.14. The van der Waals surface area contributed by atoms with E-state index in [4.69, 9.17) is 4.74 Å². The highest BCUT2D eigenvalue weighted by Crippen LogP contribution is 2.12. The molecule has 0 amide bonds. The highest BCUT2D eigenvalue weighted by atomic mass is 16.5. The number of ether oxygens (including phenoxy) is 1. The van der Waals surface area contributed by atoms with Crippen molar-refractivity contribution in [2.45, 2.75) is 104 Å². The first-order valence-corrected chi connectivity index (χ1v) is 8.75. The third kappa shape index (κ3) is 13.9. The number of hydrogen-bond donors (Lipinski definition) is 0. The molecule has 0 aromatic rings. The maximum atomic E-state index is 11.7. The molecule has 0 spiro atoms. The van der Waals surface area contributed by atoms with Crippen molar-refractivity contribution in [1.29, 1.82) is 0 Å². The van der Waals surface area contributed by atoms with Gasteiger partial charge >= 0.3 is 5.97 Å². The van der Waals surface area contributed by atoms with Crippen LogP contribution in [-0.2, 0) is 9.53 Å². The van der Waals surface area contributed by atoms with Crippen molar-refractivity contribution in [1.82, 2.24) is 0 Å². The van der Waals surface area contributed by atoms with Gasteiger partial charge in [0.1, 0.15) is 0 Å². The molecule has 0 radical (unpaired) electrons. The van der Waals surface area contributed by atoms with E-state index in [1.54, 1.807) is 0 Å². The molecule has 120 valence electrons. The van der Waals surface area contributed by atoms with Crippen LogP contribution >= 0.6 is 0 Å². The van der Waals surface area contributed by atoms with Crippen molar-refractivity contribution < 1.29 is 9.53 Å². The summed E-state index contributed by atoms with van der Waals surface area (Å²) in [5, 5.41) is 0. The fraction of sp³-hybridized carbons (Fsp3) is 0.944. The van der Waals surface area contributed by atoms with Crippen LogP contribution in [0, 0.1) is 5.92 Å². The van der Waals surface area contributed by atoms with Crippen molar-refractivity contribution >= 4 is 5.97 Å². The molecule has 20 heavy (non-hydrogen) atoms. The summed E-state index contributed by atoms with van der Waals surface area (Å²) in [7, 11) is 0. The summed E-state index contributed by atoms with van der Waals surface area (Å²) in [6, 6.07) is 0. The van der Waals surface area contributed by atoms with E-state index in [-0.39, 0.29) is 12.1 Å². The number of carbonyl (C=O) groups is 1. The largest absolute Gasteiger partial charge is 0.463 e. The first-order chi connectivity index (χ1) is 9.56. The van der Waals surface area contributed by atoms with Gasteiger partial charge in [-0.3, -0.25) is 4.79 Å². The topological polar surface area (TPSA) is 26.3 Å². The standard InChI is InChI=1S/C18H36O2/c1-5-6-7-8-11-14-17(4)20-18(19)15-12-9-10-13-16(2)3/h16-17H,5-15H2,1-4H3. The third-order valence-corrected chi connectivity index (χ3v) is 3.71. The summed E-state index contributed by atoms with van der Waals surface area (Å²) in [4.78, 5) is 11.7. The number of carbonyl (C=O) groups excluding carboxylic acids is 1. The van der Waals surface area contributed by atoms with E-state index < -0.39 is 0 Å². The lowest BCUT2D eigenvalue weighted by molar-refractivity contribution is -0.148. The van der Waals surface area contributed by atoms with Gasteiger partial charge in [-0.15, -0.1) is 0 Å². The molecule has 0 N–H and O–H groups in total. The summed E-state index contributed by atoms with van der Waals surface area (Å²) in [6.45, 7) is 8.75. The quantitative estimate of drug-likeness (QED) is 0.311. The van der Waals surface area contributed by atoms with Crippen molar-refractivity contribution in [3.63, 3.8) is 0 Å². The van der Waals surface area contributed by atoms with Crippen molar-refractivity contribution in [2.24, 2.45) is 5.92 Å². The molecule has 0 aliphatic carbocycles. The van der Waals surface area contributed by atoms with E-state index in [0.29, 0.717) is 6.42 Å². The van der Waals surface area contributed by atoms with E-state index in [0.717, 1.165) is 25.2 Å². The molecule has 1 atom stereocenters. The number of esters is 1. The monoisotopic (exact) mass is 284 g/mol. The molecule has 2 heteroatoms. The van der Waals surface area contributed by atoms with Crippen LogP contribution in [0.25, 0.3) is 0 Å². The first kappa shape index (κ1) is 19.5. The van der Waals surface area contributed by atoms with Gasteiger partial charge in [0.25, 0.3) is 0 Å². The minimum absolute atomic E-state index is 0.00407. The molecule has 2 nitrogen and oxygen atoms in total. The van der Waals surface area contributed by atoms with Crippen LogP contribution in [0.15, 0.2) is 0 Å². The zero-order valence-corrected chi connectivity index (χ0v) is 14.2. The molecule has 0 aromatic carbocycles. The van der Waals surface area contributed by atoms with Crippen LogP contribution in [0.1, 0.15) is 98.3 Å². The maximum Gasteiger partial charge on any atom is 0.306 e. The second kappa shape index (κ2) is 13.5. The zero-order valence-electron chi connectivity index (χ0n) is 14.2. The Morgan fingerprint density at radius 1 is 0.850 bits per heavy atom. The average molecular weight is 284 g/mol. The van der Waals surface area contributed by atoms with Gasteiger partial charge in [0.05, 0.1) is 6.10 Å². The van der Waals surface area contributed by atoms with Crippen LogP contribution < -0.4 is 0 Å². The predicted octanol–water partition coefficient (Wildman–Crippen LogP) is 5.89. The molecule has 0 aromatic heterocycles. The Morgan fingerprint density at radius 3 is 2.10 bits per heavy atom. The Balaban J connectivity index is 3.40. The van der Waals surface area contributed by atoms with Crippen LogP contribution in [0.2, 0.25) is 0 Å². The van der Waals surface area contributed by atoms with Crippen molar-refractivity contribution in [2.75, 3.05) is 0 Å². The van der Waals surface area contributed by atoms with E-state index in [1.165, 1.54) is 44.9 Å². The molecular weight excluding hydrogens is 248 g/mol. The van der Waals surface area contributed by atoms with E-state index in [2.05, 4.69) is 20.8 Å². The SMILES string of the molecule is CCCCCCCC(C)OC(=O)CCCCCC(C)C. The Bertz CT molecular complexity index is 223. The third-order valence-electron chi connectivity index (χ3n) is 3.71. The predicted molar refractivity (Wildman–Crippen MR) is 86.9 cm³/mol. The minimum Gasteiger partial charge on any atom is -0.463 e. The van der Waals surface area contributed by atoms with Crippen LogP contribution in [0.5, 0.6) is 0 Å². The van der Waals surface area contributed by atoms with Gasteiger partial charge in [0, 0.05) is 6.42 Å². The molecule has 0 heterocycles. The lowest BCUT2D eigenvalue weighted by Gasteiger charge is -2.13. The normalized spacial score (nSPS) is 12.7. The van der Waals surface area contributed by atoms with Crippen LogP contribution in [0.4, 0.5) is 0 Å². The Labute approximate surface area is 126 Å². The number of unbranched alkanes of at least 4 members (excludes halogenated alkanes) is 6. The van der Waals surface area contributed by atoms with Gasteiger partial charge < -0.3 is 4.74 Å². The van der Waals surface area contributed by atoms with Gasteiger partial charge in [0.15, 0.2) is 0 Å². The first-order valence-electron chi connectivity index (χ1n) is 8.75. The van der Waals surface area contributed by atoms with Gasteiger partial charge in [-0.1, -0.05) is 65.7 Å². The van der Waals surface area contributed by atoms with Crippen LogP contribution in [-0.4, -0.2) is 12.1 Å². The van der Waals surface area contributed by atoms with Gasteiger partial charge in [-0.05, 0) is 32.1 Å². The molecule has 0 bridgehead atoms. The van der Waals surface area contributed by atoms with Gasteiger partial charge in [-0.25, -0.2) is 0 Å². The molecule has 0 saturated heterocycles. The summed E-state index contributed by atoms with van der Waals surface area (Å²) >= 11 is 0. The van der Waals surface area contributed by atoms with Gasteiger partial charge in [0.2, 0.25) is 0 Å². The van der Waals surface area contributed by atoms with Crippen LogP contribution in [0.3, 0.4) is 0 Å².